The number of carbonyl (C=O) groups is 1. The van der Waals surface area contributed by atoms with E-state index in [1.165, 1.54) is 6.08 Å². The van der Waals surface area contributed by atoms with E-state index in [1.807, 2.05) is 30.0 Å². The molecule has 0 bridgehead atoms. The van der Waals surface area contributed by atoms with Crippen molar-refractivity contribution in [3.05, 3.63) is 60.6 Å². The summed E-state index contributed by atoms with van der Waals surface area (Å²) >= 11 is 0. The first-order valence-corrected chi connectivity index (χ1v) is 17.2. The number of H-pyrrole nitrogens is 1. The van der Waals surface area contributed by atoms with Crippen molar-refractivity contribution in [3.63, 3.8) is 0 Å². The number of likely N-dealkylation sites (tertiary alicyclic amines) is 2. The van der Waals surface area contributed by atoms with E-state index in [4.69, 9.17) is 14.7 Å². The number of aliphatic hydroxyl groups excluding tert-OH is 1. The molecule has 0 saturated carbocycles. The lowest BCUT2D eigenvalue weighted by Gasteiger charge is -2.54. The number of β-amino-alcohol motifs (C(OH)–C–C–N with tert-alkyl or cyclic N) is 1. The normalized spacial score (nSPS) is 18.5. The van der Waals surface area contributed by atoms with Crippen molar-refractivity contribution in [1.29, 1.82) is 0 Å². The summed E-state index contributed by atoms with van der Waals surface area (Å²) in [4.78, 5) is 28.7. The first-order chi connectivity index (χ1) is 24.0. The summed E-state index contributed by atoms with van der Waals surface area (Å²) < 4.78 is 47.7. The molecule has 0 atom stereocenters. The third-order valence-corrected chi connectivity index (χ3v) is 10.7. The predicted molar refractivity (Wildman–Crippen MR) is 187 cm³/mol. The first-order valence-electron chi connectivity index (χ1n) is 17.2. The van der Waals surface area contributed by atoms with Crippen molar-refractivity contribution in [2.75, 3.05) is 63.9 Å². The van der Waals surface area contributed by atoms with Gasteiger partial charge in [-0.25, -0.2) is 9.97 Å². The smallest absolute Gasteiger partial charge is 0.422 e. The van der Waals surface area contributed by atoms with Gasteiger partial charge in [-0.1, -0.05) is 25.3 Å². The highest BCUT2D eigenvalue weighted by Gasteiger charge is 2.46. The number of alkyl halides is 3. The molecule has 1 amide bonds. The number of benzene rings is 2. The number of fused-ring (bicyclic) bond motifs is 2. The van der Waals surface area contributed by atoms with E-state index in [-0.39, 0.29) is 29.6 Å². The van der Waals surface area contributed by atoms with Crippen molar-refractivity contribution in [3.8, 4) is 16.9 Å². The fourth-order valence-corrected chi connectivity index (χ4v) is 7.97. The number of piperidine rings is 2. The summed E-state index contributed by atoms with van der Waals surface area (Å²) in [5.74, 6) is 1.21. The molecule has 3 fully saturated rings. The van der Waals surface area contributed by atoms with Crippen LogP contribution in [0.15, 0.2) is 43.6 Å². The van der Waals surface area contributed by atoms with E-state index >= 15 is 0 Å². The number of rotatable bonds is 9. The Morgan fingerprint density at radius 3 is 2.50 bits per heavy atom. The number of aryl methyl sites for hydroxylation is 1. The number of aromatic amines is 1. The summed E-state index contributed by atoms with van der Waals surface area (Å²) in [6.07, 6.45) is 3.28. The zero-order chi connectivity index (χ0) is 35.2. The molecule has 3 aliphatic rings. The van der Waals surface area contributed by atoms with E-state index in [0.29, 0.717) is 72.0 Å². The van der Waals surface area contributed by atoms with Gasteiger partial charge >= 0.3 is 6.18 Å². The van der Waals surface area contributed by atoms with Crippen molar-refractivity contribution in [2.24, 2.45) is 5.41 Å². The van der Waals surface area contributed by atoms with E-state index in [0.717, 1.165) is 55.2 Å². The molecule has 1 spiro atoms. The number of hydrogen-bond donors (Lipinski definition) is 2. The Kier molecular flexibility index (Phi) is 9.06. The Hall–Kier alpha value is -4.49. The zero-order valence-electron chi connectivity index (χ0n) is 28.2. The average molecular weight is 690 g/mol. The Morgan fingerprint density at radius 1 is 1.10 bits per heavy atom. The van der Waals surface area contributed by atoms with Crippen molar-refractivity contribution >= 4 is 39.6 Å². The van der Waals surface area contributed by atoms with Crippen LogP contribution in [0.5, 0.6) is 5.75 Å². The number of nitrogens with zero attached hydrogens (tertiary/aromatic N) is 6. The summed E-state index contributed by atoms with van der Waals surface area (Å²) in [7, 11) is 0. The number of ether oxygens (including phenoxy) is 1. The van der Waals surface area contributed by atoms with Gasteiger partial charge in [0.05, 0.1) is 18.3 Å². The van der Waals surface area contributed by atoms with Crippen LogP contribution in [0.25, 0.3) is 39.0 Å². The highest BCUT2D eigenvalue weighted by atomic mass is 19.4. The minimum absolute atomic E-state index is 0.0219. The third kappa shape index (κ3) is 6.32. The zero-order valence-corrected chi connectivity index (χ0v) is 28.2. The number of anilines is 1. The van der Waals surface area contributed by atoms with Crippen LogP contribution in [-0.2, 0) is 4.79 Å². The quantitative estimate of drug-likeness (QED) is 0.211. The van der Waals surface area contributed by atoms with Gasteiger partial charge in [-0.05, 0) is 80.6 Å². The molecule has 2 N–H and O–H groups in total. The molecular weight excluding hydrogens is 647 g/mol. The first kappa shape index (κ1) is 34.0. The molecule has 3 saturated heterocycles. The van der Waals surface area contributed by atoms with Crippen LogP contribution in [0.4, 0.5) is 19.0 Å². The number of aliphatic hydroxyl groups is 1. The average Bonchev–Trinajstić information content (AvgIpc) is 3.58. The van der Waals surface area contributed by atoms with Crippen molar-refractivity contribution in [1.82, 2.24) is 30.0 Å². The van der Waals surface area contributed by atoms with E-state index in [1.54, 1.807) is 12.3 Å². The Balaban J connectivity index is 1.39. The highest BCUT2D eigenvalue weighted by Crippen LogP contribution is 2.48. The molecule has 4 aromatic rings. The Labute approximate surface area is 288 Å². The highest BCUT2D eigenvalue weighted by molar-refractivity contribution is 6.07. The van der Waals surface area contributed by atoms with Crippen LogP contribution < -0.4 is 9.64 Å². The van der Waals surface area contributed by atoms with Gasteiger partial charge < -0.3 is 24.5 Å². The number of halogens is 3. The number of nitrogens with one attached hydrogen (secondary N) is 1. The number of hydrogen-bond acceptors (Lipinski definition) is 8. The summed E-state index contributed by atoms with van der Waals surface area (Å²) in [5, 5.41) is 18.0. The topological polar surface area (TPSA) is 111 Å². The van der Waals surface area contributed by atoms with Crippen LogP contribution in [0.1, 0.15) is 48.6 Å². The van der Waals surface area contributed by atoms with Crippen LogP contribution in [0.2, 0.25) is 0 Å². The lowest BCUT2D eigenvalue weighted by atomic mass is 9.72. The van der Waals surface area contributed by atoms with Crippen LogP contribution in [-0.4, -0.2) is 106 Å². The van der Waals surface area contributed by atoms with E-state index < -0.39 is 12.8 Å². The van der Waals surface area contributed by atoms with Crippen molar-refractivity contribution in [2.45, 2.75) is 44.7 Å². The lowest BCUT2D eigenvalue weighted by Crippen LogP contribution is -2.61. The second-order valence-electron chi connectivity index (χ2n) is 13.9. The fourth-order valence-electron chi connectivity index (χ4n) is 7.97. The summed E-state index contributed by atoms with van der Waals surface area (Å²) in [6, 6.07) is 5.73. The molecular formula is C37H42F3N7O3. The minimum Gasteiger partial charge on any atom is -0.481 e. The van der Waals surface area contributed by atoms with E-state index in [2.05, 4.69) is 33.2 Å². The van der Waals surface area contributed by atoms with Gasteiger partial charge in [-0.15, -0.1) is 0 Å². The molecule has 0 unspecified atom stereocenters. The van der Waals surface area contributed by atoms with Crippen LogP contribution in [0.3, 0.4) is 0 Å². The molecule has 3 aliphatic heterocycles. The standard InChI is InChI=1S/C37H42F3N7O3/c1-4-24-18-26-32(33(50-22-37(38,39)40)31(24)30-23(3)6-7-28-27(30)19-41-44-28)42-34(25-8-12-45(13-9-25)16-17-48)43-35(26)46-14-10-36(11-15-46)20-47(21-36)29(49)5-2/h4-7,18-19,25,48H,1-2,8-17,20-22H2,3H3,(H,41,44). The maximum absolute atomic E-state index is 13.9. The SMILES string of the molecule is C=CC(=O)N1CC2(CCN(c3nc(C4CCN(CCO)CC4)nc4c(OCC(F)(F)F)c(-c5c(C)ccc6[nH]ncc56)c(C=C)cc34)CC2)C1. The molecule has 50 heavy (non-hydrogen) atoms. The minimum atomic E-state index is -4.59. The molecule has 10 nitrogen and oxygen atoms in total. The number of aromatic nitrogens is 4. The fraction of sp³-hybridized carbons (Fsp3) is 0.459. The maximum atomic E-state index is 13.9. The molecule has 264 valence electrons. The van der Waals surface area contributed by atoms with E-state index in [9.17, 15) is 23.1 Å². The third-order valence-electron chi connectivity index (χ3n) is 10.7. The maximum Gasteiger partial charge on any atom is 0.422 e. The Bertz CT molecular complexity index is 1930. The molecule has 2 aromatic carbocycles. The van der Waals surface area contributed by atoms with Gasteiger partial charge in [0.15, 0.2) is 12.4 Å². The van der Waals surface area contributed by atoms with Gasteiger partial charge in [0.25, 0.3) is 0 Å². The summed E-state index contributed by atoms with van der Waals surface area (Å²) in [6.45, 7) is 13.0. The molecule has 0 aliphatic carbocycles. The van der Waals surface area contributed by atoms with Crippen molar-refractivity contribution < 1.29 is 27.8 Å². The second-order valence-corrected chi connectivity index (χ2v) is 13.9. The summed E-state index contributed by atoms with van der Waals surface area (Å²) in [5.41, 5.74) is 3.73. The van der Waals surface area contributed by atoms with Gasteiger partial charge in [0.2, 0.25) is 5.91 Å². The molecule has 2 aromatic heterocycles. The Morgan fingerprint density at radius 2 is 1.84 bits per heavy atom. The van der Waals surface area contributed by atoms with Gasteiger partial charge in [0.1, 0.15) is 17.2 Å². The monoisotopic (exact) mass is 689 g/mol. The van der Waals surface area contributed by atoms with Gasteiger partial charge in [-0.3, -0.25) is 9.89 Å². The lowest BCUT2D eigenvalue weighted by molar-refractivity contribution is -0.153. The second kappa shape index (κ2) is 13.3. The molecule has 13 heteroatoms. The molecule has 7 rings (SSSR count). The number of carbonyl (C=O) groups excluding carboxylic acids is 1. The molecule has 5 heterocycles. The predicted octanol–water partition coefficient (Wildman–Crippen LogP) is 5.85. The molecule has 0 radical (unpaired) electrons. The number of amides is 1. The largest absolute Gasteiger partial charge is 0.481 e. The van der Waals surface area contributed by atoms with Crippen LogP contribution in [0, 0.1) is 12.3 Å². The van der Waals surface area contributed by atoms with Crippen LogP contribution >= 0.6 is 0 Å². The van der Waals surface area contributed by atoms with Gasteiger partial charge in [0, 0.05) is 60.4 Å². The van der Waals surface area contributed by atoms with Gasteiger partial charge in [-0.2, -0.15) is 18.3 Å².